The SMILES string of the molecule is CC1C2Cc3ccc(OC(=O)C4CCC4)cc3C1(c1ccccc1)CCN2C. The van der Waals surface area contributed by atoms with Gasteiger partial charge in [0, 0.05) is 11.5 Å². The van der Waals surface area contributed by atoms with E-state index in [2.05, 4.69) is 61.3 Å². The topological polar surface area (TPSA) is 29.5 Å². The molecule has 1 aliphatic heterocycles. The molecule has 3 atom stereocenters. The van der Waals surface area contributed by atoms with Crippen LogP contribution in [0, 0.1) is 11.8 Å². The van der Waals surface area contributed by atoms with E-state index in [9.17, 15) is 4.79 Å². The van der Waals surface area contributed by atoms with Crippen LogP contribution in [0.3, 0.4) is 0 Å². The van der Waals surface area contributed by atoms with E-state index in [0.717, 1.165) is 44.4 Å². The van der Waals surface area contributed by atoms with Crippen molar-refractivity contribution >= 4 is 5.97 Å². The second kappa shape index (κ2) is 6.73. The highest BCUT2D eigenvalue weighted by Crippen LogP contribution is 2.53. The molecule has 2 aromatic carbocycles. The molecule has 2 aromatic rings. The highest BCUT2D eigenvalue weighted by atomic mass is 16.5. The zero-order chi connectivity index (χ0) is 19.3. The molecule has 0 radical (unpaired) electrons. The molecule has 28 heavy (non-hydrogen) atoms. The lowest BCUT2D eigenvalue weighted by atomic mass is 9.55. The summed E-state index contributed by atoms with van der Waals surface area (Å²) in [4.78, 5) is 14.9. The summed E-state index contributed by atoms with van der Waals surface area (Å²) in [5.74, 6) is 1.28. The van der Waals surface area contributed by atoms with Crippen LogP contribution in [0.2, 0.25) is 0 Å². The van der Waals surface area contributed by atoms with Gasteiger partial charge in [-0.2, -0.15) is 0 Å². The fraction of sp³-hybridized carbons (Fsp3) is 0.480. The molecule has 146 valence electrons. The van der Waals surface area contributed by atoms with E-state index in [1.54, 1.807) is 0 Å². The Labute approximate surface area is 167 Å². The van der Waals surface area contributed by atoms with Gasteiger partial charge >= 0.3 is 5.97 Å². The number of carbonyl (C=O) groups is 1. The van der Waals surface area contributed by atoms with Crippen LogP contribution in [0.25, 0.3) is 0 Å². The van der Waals surface area contributed by atoms with Crippen molar-refractivity contribution in [1.82, 2.24) is 4.90 Å². The van der Waals surface area contributed by atoms with Crippen molar-refractivity contribution in [3.63, 3.8) is 0 Å². The summed E-state index contributed by atoms with van der Waals surface area (Å²) in [5.41, 5.74) is 4.16. The van der Waals surface area contributed by atoms with Crippen molar-refractivity contribution in [2.75, 3.05) is 13.6 Å². The fourth-order valence-electron chi connectivity index (χ4n) is 5.75. The van der Waals surface area contributed by atoms with Gasteiger partial charge in [-0.15, -0.1) is 0 Å². The normalized spacial score (nSPS) is 29.6. The number of benzene rings is 2. The summed E-state index contributed by atoms with van der Waals surface area (Å²) in [6, 6.07) is 17.9. The van der Waals surface area contributed by atoms with Gasteiger partial charge in [0.05, 0.1) is 5.92 Å². The van der Waals surface area contributed by atoms with Crippen molar-refractivity contribution in [3.05, 3.63) is 65.2 Å². The van der Waals surface area contributed by atoms with Crippen LogP contribution in [-0.4, -0.2) is 30.5 Å². The molecule has 2 bridgehead atoms. The molecule has 1 saturated heterocycles. The maximum Gasteiger partial charge on any atom is 0.314 e. The van der Waals surface area contributed by atoms with Gasteiger partial charge in [0.2, 0.25) is 0 Å². The van der Waals surface area contributed by atoms with Crippen LogP contribution < -0.4 is 4.74 Å². The Kier molecular flexibility index (Phi) is 4.31. The van der Waals surface area contributed by atoms with Gasteiger partial charge < -0.3 is 9.64 Å². The molecule has 0 N–H and O–H groups in total. The maximum absolute atomic E-state index is 12.4. The first-order valence-corrected chi connectivity index (χ1v) is 10.7. The molecule has 3 unspecified atom stereocenters. The third-order valence-corrected chi connectivity index (χ3v) is 7.72. The molecule has 3 nitrogen and oxygen atoms in total. The Balaban J connectivity index is 1.60. The number of nitrogens with zero attached hydrogens (tertiary/aromatic N) is 1. The Morgan fingerprint density at radius 2 is 1.93 bits per heavy atom. The number of ether oxygens (including phenoxy) is 1. The Hall–Kier alpha value is -2.13. The van der Waals surface area contributed by atoms with Gasteiger partial charge in [0.25, 0.3) is 0 Å². The molecule has 5 rings (SSSR count). The molecule has 0 spiro atoms. The number of piperidine rings is 1. The lowest BCUT2D eigenvalue weighted by Crippen LogP contribution is -2.58. The van der Waals surface area contributed by atoms with Gasteiger partial charge in [-0.05, 0) is 74.0 Å². The van der Waals surface area contributed by atoms with Crippen molar-refractivity contribution in [1.29, 1.82) is 0 Å². The Bertz CT molecular complexity index is 889. The summed E-state index contributed by atoms with van der Waals surface area (Å²) in [7, 11) is 2.26. The predicted molar refractivity (Wildman–Crippen MR) is 111 cm³/mol. The minimum Gasteiger partial charge on any atom is -0.426 e. The summed E-state index contributed by atoms with van der Waals surface area (Å²) < 4.78 is 5.81. The molecular weight excluding hydrogens is 346 g/mol. The summed E-state index contributed by atoms with van der Waals surface area (Å²) in [5, 5.41) is 0. The Morgan fingerprint density at radius 1 is 1.14 bits per heavy atom. The quantitative estimate of drug-likeness (QED) is 0.581. The average Bonchev–Trinajstić information content (AvgIpc) is 2.65. The number of rotatable bonds is 3. The van der Waals surface area contributed by atoms with E-state index in [4.69, 9.17) is 4.74 Å². The molecule has 0 aromatic heterocycles. The number of hydrogen-bond acceptors (Lipinski definition) is 3. The van der Waals surface area contributed by atoms with E-state index in [1.165, 1.54) is 16.7 Å². The molecule has 3 heteroatoms. The van der Waals surface area contributed by atoms with Gasteiger partial charge in [0.15, 0.2) is 0 Å². The van der Waals surface area contributed by atoms with Crippen LogP contribution in [0.15, 0.2) is 48.5 Å². The molecule has 1 heterocycles. The van der Waals surface area contributed by atoms with Crippen LogP contribution in [0.1, 0.15) is 49.3 Å². The van der Waals surface area contributed by atoms with Crippen molar-refractivity contribution < 1.29 is 9.53 Å². The predicted octanol–water partition coefficient (Wildman–Crippen LogP) is 4.57. The van der Waals surface area contributed by atoms with E-state index < -0.39 is 0 Å². The van der Waals surface area contributed by atoms with E-state index >= 15 is 0 Å². The zero-order valence-electron chi connectivity index (χ0n) is 16.9. The summed E-state index contributed by atoms with van der Waals surface area (Å²) >= 11 is 0. The molecule has 1 saturated carbocycles. The van der Waals surface area contributed by atoms with E-state index in [0.29, 0.717) is 12.0 Å². The molecule has 3 aliphatic rings. The van der Waals surface area contributed by atoms with Crippen LogP contribution >= 0.6 is 0 Å². The second-order valence-corrected chi connectivity index (χ2v) is 9.00. The number of esters is 1. The summed E-state index contributed by atoms with van der Waals surface area (Å²) in [6.07, 6.45) is 5.26. The molecule has 2 aliphatic carbocycles. The van der Waals surface area contributed by atoms with Crippen LogP contribution in [-0.2, 0) is 16.6 Å². The molecule has 2 fully saturated rings. The van der Waals surface area contributed by atoms with Crippen LogP contribution in [0.4, 0.5) is 0 Å². The largest absolute Gasteiger partial charge is 0.426 e. The minimum absolute atomic E-state index is 0.00902. The standard InChI is InChI=1S/C25H29NO2/c1-17-23-15-19-11-12-21(28-24(27)18-7-6-8-18)16-22(19)25(17,13-14-26(23)2)20-9-4-3-5-10-20/h3-5,9-12,16-18,23H,6-8,13-15H2,1-2H3. The van der Waals surface area contributed by atoms with Crippen molar-refractivity contribution in [2.45, 2.75) is 50.5 Å². The number of likely N-dealkylation sites (tertiary alicyclic amines) is 1. The van der Waals surface area contributed by atoms with Crippen molar-refractivity contribution in [2.24, 2.45) is 11.8 Å². The number of fused-ring (bicyclic) bond motifs is 4. The summed E-state index contributed by atoms with van der Waals surface area (Å²) in [6.45, 7) is 3.50. The van der Waals surface area contributed by atoms with Gasteiger partial charge in [-0.1, -0.05) is 49.7 Å². The van der Waals surface area contributed by atoms with Gasteiger partial charge in [0.1, 0.15) is 5.75 Å². The Morgan fingerprint density at radius 3 is 2.64 bits per heavy atom. The number of hydrogen-bond donors (Lipinski definition) is 0. The van der Waals surface area contributed by atoms with E-state index in [1.807, 2.05) is 6.07 Å². The average molecular weight is 376 g/mol. The molecular formula is C25H29NO2. The van der Waals surface area contributed by atoms with Crippen LogP contribution in [0.5, 0.6) is 5.75 Å². The molecule has 0 amide bonds. The first-order chi connectivity index (χ1) is 13.6. The lowest BCUT2D eigenvalue weighted by molar-refractivity contribution is -0.141. The lowest BCUT2D eigenvalue weighted by Gasteiger charge is -2.55. The fourth-order valence-corrected chi connectivity index (χ4v) is 5.75. The van der Waals surface area contributed by atoms with Gasteiger partial charge in [-0.3, -0.25) is 4.79 Å². The third-order valence-electron chi connectivity index (χ3n) is 7.72. The maximum atomic E-state index is 12.4. The second-order valence-electron chi connectivity index (χ2n) is 9.00. The number of carbonyl (C=O) groups excluding carboxylic acids is 1. The zero-order valence-corrected chi connectivity index (χ0v) is 16.9. The number of likely N-dealkylation sites (N-methyl/N-ethyl adjacent to an activating group) is 1. The first kappa shape index (κ1) is 17.9. The highest BCUT2D eigenvalue weighted by Gasteiger charge is 2.51. The van der Waals surface area contributed by atoms with Gasteiger partial charge in [-0.25, -0.2) is 0 Å². The monoisotopic (exact) mass is 375 g/mol. The smallest absolute Gasteiger partial charge is 0.314 e. The first-order valence-electron chi connectivity index (χ1n) is 10.7. The minimum atomic E-state index is -0.0509. The van der Waals surface area contributed by atoms with E-state index in [-0.39, 0.29) is 17.3 Å². The highest BCUT2D eigenvalue weighted by molar-refractivity contribution is 5.76. The third kappa shape index (κ3) is 2.63. The van der Waals surface area contributed by atoms with Crippen molar-refractivity contribution in [3.8, 4) is 5.75 Å².